The number of halogens is 2. The fourth-order valence-corrected chi connectivity index (χ4v) is 3.09. The number of nitrogens with zero attached hydrogens (tertiary/aromatic N) is 2. The van der Waals surface area contributed by atoms with Crippen LogP contribution in [0.5, 0.6) is 0 Å². The van der Waals surface area contributed by atoms with Crippen molar-refractivity contribution in [2.45, 2.75) is 19.2 Å². The molecule has 0 radical (unpaired) electrons. The van der Waals surface area contributed by atoms with Crippen LogP contribution in [0.4, 0.5) is 5.69 Å². The summed E-state index contributed by atoms with van der Waals surface area (Å²) in [5.74, 6) is 0.476. The molecule has 1 aliphatic heterocycles. The molecule has 0 bridgehead atoms. The maximum Gasteiger partial charge on any atom is 0.0509 e. The van der Waals surface area contributed by atoms with Gasteiger partial charge in [0.15, 0.2) is 0 Å². The van der Waals surface area contributed by atoms with Crippen LogP contribution in [-0.4, -0.2) is 37.6 Å². The third kappa shape index (κ3) is 3.11. The second kappa shape index (κ2) is 6.65. The first-order chi connectivity index (χ1) is 8.76. The quantitative estimate of drug-likeness (QED) is 0.781. The molecule has 18 heavy (non-hydrogen) atoms. The molecule has 0 amide bonds. The van der Waals surface area contributed by atoms with E-state index in [2.05, 4.69) is 22.8 Å². The first-order valence-electron chi connectivity index (χ1n) is 6.57. The Labute approximate surface area is 119 Å². The Kier molecular flexibility index (Phi) is 5.16. The van der Waals surface area contributed by atoms with E-state index in [-0.39, 0.29) is 0 Å². The predicted molar refractivity (Wildman–Crippen MR) is 80.0 cm³/mol. The molecule has 2 rings (SSSR count). The van der Waals surface area contributed by atoms with Gasteiger partial charge >= 0.3 is 0 Å². The van der Waals surface area contributed by atoms with Gasteiger partial charge in [0, 0.05) is 42.5 Å². The smallest absolute Gasteiger partial charge is 0.0509 e. The second-order valence-corrected chi connectivity index (χ2v) is 5.37. The van der Waals surface area contributed by atoms with Crippen molar-refractivity contribution in [1.29, 1.82) is 0 Å². The maximum atomic E-state index is 6.21. The van der Waals surface area contributed by atoms with Gasteiger partial charge in [-0.1, -0.05) is 24.6 Å². The molecule has 4 heteroatoms. The predicted octanol–water partition coefficient (Wildman–Crippen LogP) is 3.61. The summed E-state index contributed by atoms with van der Waals surface area (Å²) in [6.45, 7) is 7.80. The van der Waals surface area contributed by atoms with Crippen molar-refractivity contribution in [2.24, 2.45) is 0 Å². The van der Waals surface area contributed by atoms with Gasteiger partial charge in [-0.2, -0.15) is 0 Å². The maximum absolute atomic E-state index is 6.21. The van der Waals surface area contributed by atoms with Gasteiger partial charge in [-0.25, -0.2) is 0 Å². The Morgan fingerprint density at radius 1 is 1.17 bits per heavy atom. The topological polar surface area (TPSA) is 6.48 Å². The zero-order valence-corrected chi connectivity index (χ0v) is 12.3. The Hall–Kier alpha value is -0.440. The van der Waals surface area contributed by atoms with Crippen LogP contribution in [-0.2, 0) is 5.88 Å². The minimum absolute atomic E-state index is 0.476. The Morgan fingerprint density at radius 3 is 2.50 bits per heavy atom. The van der Waals surface area contributed by atoms with Crippen LogP contribution in [0, 0.1) is 0 Å². The minimum atomic E-state index is 0.476. The molecule has 1 heterocycles. The van der Waals surface area contributed by atoms with Gasteiger partial charge in [-0.3, -0.25) is 4.90 Å². The Bertz CT molecular complexity index is 387. The van der Waals surface area contributed by atoms with E-state index in [1.807, 2.05) is 12.1 Å². The molecule has 0 unspecified atom stereocenters. The molecule has 1 fully saturated rings. The van der Waals surface area contributed by atoms with Crippen molar-refractivity contribution in [1.82, 2.24) is 4.90 Å². The highest BCUT2D eigenvalue weighted by Crippen LogP contribution is 2.29. The zero-order valence-electron chi connectivity index (χ0n) is 10.8. The molecule has 0 spiro atoms. The number of alkyl halides is 1. The number of rotatable bonds is 4. The van der Waals surface area contributed by atoms with Gasteiger partial charge < -0.3 is 4.90 Å². The van der Waals surface area contributed by atoms with Gasteiger partial charge in [-0.05, 0) is 25.1 Å². The first kappa shape index (κ1) is 14.0. The molecule has 1 aliphatic rings. The molecule has 2 nitrogen and oxygen atoms in total. The number of anilines is 1. The average molecular weight is 287 g/mol. The van der Waals surface area contributed by atoms with E-state index < -0.39 is 0 Å². The summed E-state index contributed by atoms with van der Waals surface area (Å²) in [6, 6.07) is 6.04. The summed E-state index contributed by atoms with van der Waals surface area (Å²) in [4.78, 5) is 4.91. The number of hydrogen-bond donors (Lipinski definition) is 0. The van der Waals surface area contributed by atoms with Gasteiger partial charge in [0.1, 0.15) is 0 Å². The fourth-order valence-electron chi connectivity index (χ4n) is 2.50. The molecular weight excluding hydrogens is 267 g/mol. The van der Waals surface area contributed by atoms with Crippen molar-refractivity contribution in [3.05, 3.63) is 28.8 Å². The van der Waals surface area contributed by atoms with E-state index in [1.165, 1.54) is 18.7 Å². The first-order valence-corrected chi connectivity index (χ1v) is 7.48. The summed E-state index contributed by atoms with van der Waals surface area (Å²) < 4.78 is 0. The van der Waals surface area contributed by atoms with Crippen molar-refractivity contribution in [3.8, 4) is 0 Å². The molecule has 0 aliphatic carbocycles. The molecule has 0 atom stereocenters. The summed E-state index contributed by atoms with van der Waals surface area (Å²) in [6.07, 6.45) is 1.23. The molecule has 0 saturated carbocycles. The van der Waals surface area contributed by atoms with E-state index in [4.69, 9.17) is 23.2 Å². The van der Waals surface area contributed by atoms with Crippen molar-refractivity contribution in [3.63, 3.8) is 0 Å². The lowest BCUT2D eigenvalue weighted by Crippen LogP contribution is -2.46. The van der Waals surface area contributed by atoms with Crippen LogP contribution in [0.25, 0.3) is 0 Å². The van der Waals surface area contributed by atoms with Crippen LogP contribution in [0.3, 0.4) is 0 Å². The molecular formula is C14H20Cl2N2. The third-order valence-electron chi connectivity index (χ3n) is 3.48. The van der Waals surface area contributed by atoms with Crippen LogP contribution < -0.4 is 4.90 Å². The highest BCUT2D eigenvalue weighted by atomic mass is 35.5. The minimum Gasteiger partial charge on any atom is -0.369 e. The van der Waals surface area contributed by atoms with E-state index >= 15 is 0 Å². The normalized spacial score (nSPS) is 17.2. The zero-order chi connectivity index (χ0) is 13.0. The van der Waals surface area contributed by atoms with Crippen LogP contribution >= 0.6 is 23.2 Å². The highest BCUT2D eigenvalue weighted by molar-refractivity contribution is 6.32. The molecule has 100 valence electrons. The molecule has 0 N–H and O–H groups in total. The molecule has 1 aromatic rings. The largest absolute Gasteiger partial charge is 0.369 e. The van der Waals surface area contributed by atoms with Gasteiger partial charge in [0.2, 0.25) is 0 Å². The average Bonchev–Trinajstić information content (AvgIpc) is 2.40. The number of hydrogen-bond acceptors (Lipinski definition) is 2. The number of piperazine rings is 1. The third-order valence-corrected chi connectivity index (χ3v) is 4.10. The lowest BCUT2D eigenvalue weighted by Gasteiger charge is -2.37. The van der Waals surface area contributed by atoms with E-state index in [1.54, 1.807) is 0 Å². The van der Waals surface area contributed by atoms with Crippen LogP contribution in [0.15, 0.2) is 18.2 Å². The molecule has 1 aromatic carbocycles. The monoisotopic (exact) mass is 286 g/mol. The standard InChI is InChI=1S/C14H20Cl2N2/c1-2-6-17-7-9-18(10-8-17)14-5-3-4-13(16)12(14)11-15/h3-5H,2,6-11H2,1H3. The molecule has 0 aromatic heterocycles. The SMILES string of the molecule is CCCN1CCN(c2cccc(Cl)c2CCl)CC1. The van der Waals surface area contributed by atoms with E-state index in [0.717, 1.165) is 36.8 Å². The lowest BCUT2D eigenvalue weighted by atomic mass is 10.1. The highest BCUT2D eigenvalue weighted by Gasteiger charge is 2.19. The second-order valence-electron chi connectivity index (χ2n) is 4.70. The molecule has 1 saturated heterocycles. The lowest BCUT2D eigenvalue weighted by molar-refractivity contribution is 0.258. The van der Waals surface area contributed by atoms with E-state index in [9.17, 15) is 0 Å². The Morgan fingerprint density at radius 2 is 1.89 bits per heavy atom. The van der Waals surface area contributed by atoms with Gasteiger partial charge in [0.05, 0.1) is 5.88 Å². The van der Waals surface area contributed by atoms with Crippen molar-refractivity contribution >= 4 is 28.9 Å². The summed E-state index contributed by atoms with van der Waals surface area (Å²) in [5, 5.41) is 0.776. The summed E-state index contributed by atoms with van der Waals surface area (Å²) >= 11 is 12.2. The van der Waals surface area contributed by atoms with Crippen LogP contribution in [0.2, 0.25) is 5.02 Å². The summed E-state index contributed by atoms with van der Waals surface area (Å²) in [5.41, 5.74) is 2.26. The Balaban J connectivity index is 2.07. The van der Waals surface area contributed by atoms with Crippen molar-refractivity contribution in [2.75, 3.05) is 37.6 Å². The van der Waals surface area contributed by atoms with Crippen LogP contribution in [0.1, 0.15) is 18.9 Å². The number of benzene rings is 1. The van der Waals surface area contributed by atoms with Crippen molar-refractivity contribution < 1.29 is 0 Å². The summed E-state index contributed by atoms with van der Waals surface area (Å²) in [7, 11) is 0. The van der Waals surface area contributed by atoms with Gasteiger partial charge in [0.25, 0.3) is 0 Å². The fraction of sp³-hybridized carbons (Fsp3) is 0.571. The van der Waals surface area contributed by atoms with E-state index in [0.29, 0.717) is 5.88 Å². The van der Waals surface area contributed by atoms with Gasteiger partial charge in [-0.15, -0.1) is 11.6 Å².